The van der Waals surface area contributed by atoms with Crippen molar-refractivity contribution >= 4 is 50.1 Å². The second-order valence-electron chi connectivity index (χ2n) is 4.58. The molecule has 2 N–H and O–H groups in total. The highest BCUT2D eigenvalue weighted by atomic mass is 127. The van der Waals surface area contributed by atoms with E-state index in [-0.39, 0.29) is 16.0 Å². The van der Waals surface area contributed by atoms with Crippen LogP contribution < -0.4 is 10.0 Å². The summed E-state index contributed by atoms with van der Waals surface area (Å²) in [7, 11) is -3.84. The molecule has 2 amide bonds. The zero-order valence-electron chi connectivity index (χ0n) is 11.0. The number of imide groups is 1. The Morgan fingerprint density at radius 1 is 0.955 bits per heavy atom. The first-order chi connectivity index (χ1) is 10.4. The Morgan fingerprint density at radius 2 is 1.64 bits per heavy atom. The van der Waals surface area contributed by atoms with E-state index in [0.29, 0.717) is 5.69 Å². The van der Waals surface area contributed by atoms with Crippen LogP contribution in [0.15, 0.2) is 47.4 Å². The van der Waals surface area contributed by atoms with Gasteiger partial charge in [-0.1, -0.05) is 12.1 Å². The molecule has 0 aliphatic carbocycles. The van der Waals surface area contributed by atoms with E-state index >= 15 is 0 Å². The molecule has 1 aliphatic heterocycles. The summed E-state index contributed by atoms with van der Waals surface area (Å²) < 4.78 is 28.0. The first-order valence-electron chi connectivity index (χ1n) is 6.15. The van der Waals surface area contributed by atoms with Gasteiger partial charge >= 0.3 is 0 Å². The maximum Gasteiger partial charge on any atom is 0.261 e. The minimum Gasteiger partial charge on any atom is -0.288 e. The second-order valence-corrected chi connectivity index (χ2v) is 7.42. The largest absolute Gasteiger partial charge is 0.288 e. The van der Waals surface area contributed by atoms with E-state index in [1.807, 2.05) is 22.6 Å². The van der Waals surface area contributed by atoms with Crippen molar-refractivity contribution in [1.29, 1.82) is 0 Å². The number of carbonyl (C=O) groups is 2. The van der Waals surface area contributed by atoms with E-state index in [1.165, 1.54) is 18.2 Å². The van der Waals surface area contributed by atoms with Crippen molar-refractivity contribution in [3.63, 3.8) is 0 Å². The highest BCUT2D eigenvalue weighted by molar-refractivity contribution is 14.1. The summed E-state index contributed by atoms with van der Waals surface area (Å²) in [6.07, 6.45) is 0. The number of benzene rings is 2. The van der Waals surface area contributed by atoms with Gasteiger partial charge in [-0.25, -0.2) is 8.42 Å². The van der Waals surface area contributed by atoms with Gasteiger partial charge in [0.1, 0.15) is 0 Å². The van der Waals surface area contributed by atoms with Gasteiger partial charge in [-0.2, -0.15) is 0 Å². The molecule has 2 aromatic rings. The molecule has 0 spiro atoms. The lowest BCUT2D eigenvalue weighted by atomic mass is 10.1. The number of para-hydroxylation sites is 1. The Morgan fingerprint density at radius 3 is 2.36 bits per heavy atom. The number of rotatable bonds is 3. The first-order valence-corrected chi connectivity index (χ1v) is 8.72. The maximum absolute atomic E-state index is 12.4. The Labute approximate surface area is 140 Å². The van der Waals surface area contributed by atoms with Crippen molar-refractivity contribution in [1.82, 2.24) is 5.32 Å². The molecule has 3 rings (SSSR count). The Hall–Kier alpha value is -1.94. The van der Waals surface area contributed by atoms with Gasteiger partial charge in [-0.15, -0.1) is 0 Å². The van der Waals surface area contributed by atoms with Gasteiger partial charge in [-0.3, -0.25) is 19.6 Å². The topological polar surface area (TPSA) is 92.3 Å². The van der Waals surface area contributed by atoms with E-state index in [0.717, 1.165) is 3.57 Å². The van der Waals surface area contributed by atoms with Crippen LogP contribution >= 0.6 is 22.6 Å². The average Bonchev–Trinajstić information content (AvgIpc) is 2.76. The summed E-state index contributed by atoms with van der Waals surface area (Å²) in [5, 5.41) is 2.13. The van der Waals surface area contributed by atoms with Crippen molar-refractivity contribution in [3.8, 4) is 0 Å². The standard InChI is InChI=1S/C14H9IN2O4S/c15-11-3-1-2-4-12(11)17-22(20,21)8-5-6-9-10(7-8)14(19)16-13(9)18/h1-7,17H,(H,16,18,19). The molecule has 22 heavy (non-hydrogen) atoms. The van der Waals surface area contributed by atoms with Crippen molar-refractivity contribution in [2.75, 3.05) is 4.72 Å². The van der Waals surface area contributed by atoms with Crippen molar-refractivity contribution in [3.05, 3.63) is 57.2 Å². The third kappa shape index (κ3) is 2.59. The molecule has 8 heteroatoms. The summed E-state index contributed by atoms with van der Waals surface area (Å²) in [6.45, 7) is 0. The zero-order valence-corrected chi connectivity index (χ0v) is 13.9. The molecule has 112 valence electrons. The van der Waals surface area contributed by atoms with Crippen molar-refractivity contribution in [2.45, 2.75) is 4.90 Å². The molecule has 0 atom stereocenters. The van der Waals surface area contributed by atoms with Crippen LogP contribution in [0.3, 0.4) is 0 Å². The number of sulfonamides is 1. The lowest BCUT2D eigenvalue weighted by Crippen LogP contribution is -2.20. The van der Waals surface area contributed by atoms with Crippen LogP contribution in [0.2, 0.25) is 0 Å². The van der Waals surface area contributed by atoms with Crippen LogP contribution in [0, 0.1) is 3.57 Å². The van der Waals surface area contributed by atoms with Crippen LogP contribution in [0.5, 0.6) is 0 Å². The average molecular weight is 428 g/mol. The second kappa shape index (κ2) is 5.36. The van der Waals surface area contributed by atoms with Crippen LogP contribution in [0.25, 0.3) is 0 Å². The summed E-state index contributed by atoms with van der Waals surface area (Å²) in [5.41, 5.74) is 0.693. The Bertz CT molecular complexity index is 909. The molecule has 0 fully saturated rings. The molecule has 0 aromatic heterocycles. The van der Waals surface area contributed by atoms with E-state index in [2.05, 4.69) is 10.0 Å². The number of fused-ring (bicyclic) bond motifs is 1. The van der Waals surface area contributed by atoms with E-state index < -0.39 is 21.8 Å². The quantitative estimate of drug-likeness (QED) is 0.578. The van der Waals surface area contributed by atoms with Gasteiger partial charge in [0.25, 0.3) is 21.8 Å². The van der Waals surface area contributed by atoms with E-state index in [9.17, 15) is 18.0 Å². The van der Waals surface area contributed by atoms with Gasteiger partial charge < -0.3 is 0 Å². The summed E-state index contributed by atoms with van der Waals surface area (Å²) >= 11 is 2.02. The number of hydrogen-bond donors (Lipinski definition) is 2. The van der Waals surface area contributed by atoms with Crippen LogP contribution in [-0.4, -0.2) is 20.2 Å². The number of amides is 2. The smallest absolute Gasteiger partial charge is 0.261 e. The molecule has 0 saturated carbocycles. The molecule has 0 radical (unpaired) electrons. The molecule has 0 saturated heterocycles. The van der Waals surface area contributed by atoms with Crippen molar-refractivity contribution in [2.24, 2.45) is 0 Å². The predicted octanol–water partition coefficient (Wildman–Crippen LogP) is 1.98. The third-order valence-electron chi connectivity index (χ3n) is 3.14. The molecule has 1 aliphatic rings. The van der Waals surface area contributed by atoms with Gasteiger partial charge in [0.15, 0.2) is 0 Å². The lowest BCUT2D eigenvalue weighted by molar-refractivity contribution is 0.0879. The molecule has 0 bridgehead atoms. The number of halogens is 1. The van der Waals surface area contributed by atoms with Crippen LogP contribution in [-0.2, 0) is 10.0 Å². The number of anilines is 1. The molecule has 1 heterocycles. The Kier molecular flexibility index (Phi) is 3.65. The minimum atomic E-state index is -3.84. The third-order valence-corrected chi connectivity index (χ3v) is 5.44. The van der Waals surface area contributed by atoms with E-state index in [4.69, 9.17) is 0 Å². The summed E-state index contributed by atoms with van der Waals surface area (Å²) in [4.78, 5) is 23.0. The molecule has 6 nitrogen and oxygen atoms in total. The van der Waals surface area contributed by atoms with Gasteiger partial charge in [0.2, 0.25) is 0 Å². The number of nitrogens with one attached hydrogen (secondary N) is 2. The van der Waals surface area contributed by atoms with E-state index in [1.54, 1.807) is 24.3 Å². The Balaban J connectivity index is 2.01. The van der Waals surface area contributed by atoms with Gasteiger partial charge in [-0.05, 0) is 52.9 Å². The maximum atomic E-state index is 12.4. The molecule has 2 aromatic carbocycles. The number of carbonyl (C=O) groups excluding carboxylic acids is 2. The normalized spacial score (nSPS) is 13.7. The first kappa shape index (κ1) is 15.0. The summed E-state index contributed by atoms with van der Waals surface area (Å²) in [6, 6.07) is 10.8. The fourth-order valence-corrected chi connectivity index (χ4v) is 3.87. The predicted molar refractivity (Wildman–Crippen MR) is 88.2 cm³/mol. The lowest BCUT2D eigenvalue weighted by Gasteiger charge is -2.10. The highest BCUT2D eigenvalue weighted by Gasteiger charge is 2.28. The molecular formula is C14H9IN2O4S. The van der Waals surface area contributed by atoms with Crippen LogP contribution in [0.1, 0.15) is 20.7 Å². The SMILES string of the molecule is O=C1NC(=O)c2cc(S(=O)(=O)Nc3ccccc3I)ccc21. The van der Waals surface area contributed by atoms with Crippen LogP contribution in [0.4, 0.5) is 5.69 Å². The van der Waals surface area contributed by atoms with Gasteiger partial charge in [0.05, 0.1) is 21.7 Å². The van der Waals surface area contributed by atoms with Gasteiger partial charge in [0, 0.05) is 3.57 Å². The minimum absolute atomic E-state index is 0.0654. The fraction of sp³-hybridized carbons (Fsp3) is 0. The highest BCUT2D eigenvalue weighted by Crippen LogP contribution is 2.24. The summed E-state index contributed by atoms with van der Waals surface area (Å²) in [5.74, 6) is -1.11. The van der Waals surface area contributed by atoms with Crippen molar-refractivity contribution < 1.29 is 18.0 Å². The fourth-order valence-electron chi connectivity index (χ4n) is 2.06. The monoisotopic (exact) mass is 428 g/mol. The molecule has 0 unspecified atom stereocenters. The zero-order chi connectivity index (χ0) is 15.9. The number of hydrogen-bond acceptors (Lipinski definition) is 4. The molecular weight excluding hydrogens is 419 g/mol.